The summed E-state index contributed by atoms with van der Waals surface area (Å²) in [5, 5.41) is 18.2. The summed E-state index contributed by atoms with van der Waals surface area (Å²) in [5.74, 6) is -0.819. The van der Waals surface area contributed by atoms with Crippen LogP contribution in [0, 0.1) is 5.92 Å². The number of aliphatic hydroxyl groups excluding tert-OH is 1. The molecule has 2 rings (SSSR count). The molecule has 0 saturated heterocycles. The molecule has 0 amide bonds. The van der Waals surface area contributed by atoms with Gasteiger partial charge in [0.25, 0.3) is 0 Å². The third kappa shape index (κ3) is 3.44. The van der Waals surface area contributed by atoms with E-state index in [1.165, 1.54) is 0 Å². The van der Waals surface area contributed by atoms with Crippen molar-refractivity contribution in [3.8, 4) is 0 Å². The van der Waals surface area contributed by atoms with E-state index in [-0.39, 0.29) is 18.4 Å². The van der Waals surface area contributed by atoms with Gasteiger partial charge in [-0.25, -0.2) is 0 Å². The average molecular weight is 260 g/mol. The summed E-state index contributed by atoms with van der Waals surface area (Å²) in [7, 11) is 0. The number of aliphatic carboxylic acids is 1. The first kappa shape index (κ1) is 13.8. The van der Waals surface area contributed by atoms with E-state index in [0.717, 1.165) is 36.8 Å². The van der Waals surface area contributed by atoms with E-state index < -0.39 is 5.97 Å². The number of benzene rings is 1. The highest BCUT2D eigenvalue weighted by Gasteiger charge is 2.31. The number of hydrogen-bond acceptors (Lipinski definition) is 2. The number of rotatable bonds is 5. The Kier molecular flexibility index (Phi) is 4.74. The van der Waals surface area contributed by atoms with Crippen LogP contribution in [-0.2, 0) is 4.79 Å². The van der Waals surface area contributed by atoms with Crippen LogP contribution in [0.2, 0.25) is 0 Å². The van der Waals surface area contributed by atoms with Gasteiger partial charge in [-0.3, -0.25) is 4.79 Å². The molecule has 3 heteroatoms. The Morgan fingerprint density at radius 3 is 2.42 bits per heavy atom. The van der Waals surface area contributed by atoms with Crippen molar-refractivity contribution < 1.29 is 15.0 Å². The molecule has 1 aromatic rings. The molecule has 0 aliphatic heterocycles. The van der Waals surface area contributed by atoms with E-state index in [1.807, 2.05) is 30.3 Å². The Morgan fingerprint density at radius 1 is 1.26 bits per heavy atom. The summed E-state index contributed by atoms with van der Waals surface area (Å²) < 4.78 is 0. The fourth-order valence-corrected chi connectivity index (χ4v) is 2.91. The first-order valence-electron chi connectivity index (χ1n) is 6.82. The zero-order valence-corrected chi connectivity index (χ0v) is 11.0. The first-order valence-corrected chi connectivity index (χ1v) is 6.82. The van der Waals surface area contributed by atoms with Crippen LogP contribution in [0.3, 0.4) is 0 Å². The summed E-state index contributed by atoms with van der Waals surface area (Å²) >= 11 is 0. The van der Waals surface area contributed by atoms with Crippen LogP contribution in [-0.4, -0.2) is 22.8 Å². The van der Waals surface area contributed by atoms with Gasteiger partial charge < -0.3 is 10.2 Å². The van der Waals surface area contributed by atoms with Gasteiger partial charge in [0.1, 0.15) is 0 Å². The molecule has 1 atom stereocenters. The molecule has 19 heavy (non-hydrogen) atoms. The molecule has 2 N–H and O–H groups in total. The molecular formula is C16H20O3. The summed E-state index contributed by atoms with van der Waals surface area (Å²) in [6.45, 7) is 0.0155. The molecule has 0 aromatic heterocycles. The first-order chi connectivity index (χ1) is 9.22. The number of carboxylic acid groups (broad SMARTS) is 1. The molecule has 1 aliphatic carbocycles. The van der Waals surface area contributed by atoms with E-state index in [2.05, 4.69) is 0 Å². The zero-order chi connectivity index (χ0) is 13.7. The van der Waals surface area contributed by atoms with Crippen molar-refractivity contribution >= 4 is 12.0 Å². The normalized spacial score (nSPS) is 17.9. The number of hydrogen-bond donors (Lipinski definition) is 2. The van der Waals surface area contributed by atoms with Crippen molar-refractivity contribution in [1.82, 2.24) is 0 Å². The highest BCUT2D eigenvalue weighted by atomic mass is 16.4. The Hall–Kier alpha value is -1.61. The second-order valence-corrected chi connectivity index (χ2v) is 5.11. The Bertz CT molecular complexity index is 442. The SMILES string of the molecule is O=C(O)C(c1ccc(/C=C/CO)cc1)C1CCCC1. The Balaban J connectivity index is 2.17. The minimum absolute atomic E-state index is 0.0155. The number of carbonyl (C=O) groups is 1. The van der Waals surface area contributed by atoms with Crippen molar-refractivity contribution in [3.05, 3.63) is 41.5 Å². The molecule has 1 unspecified atom stereocenters. The summed E-state index contributed by atoms with van der Waals surface area (Å²) in [4.78, 5) is 11.5. The molecule has 1 fully saturated rings. The monoisotopic (exact) mass is 260 g/mol. The maximum absolute atomic E-state index is 11.5. The van der Waals surface area contributed by atoms with Crippen molar-refractivity contribution in [2.75, 3.05) is 6.61 Å². The van der Waals surface area contributed by atoms with Crippen LogP contribution >= 0.6 is 0 Å². The molecule has 1 saturated carbocycles. The van der Waals surface area contributed by atoms with Gasteiger partial charge in [-0.1, -0.05) is 49.3 Å². The van der Waals surface area contributed by atoms with E-state index >= 15 is 0 Å². The standard InChI is InChI=1S/C16H20O3/c17-11-3-4-12-7-9-14(10-8-12)15(16(18)19)13-5-1-2-6-13/h3-4,7-10,13,15,17H,1-2,5-6,11H2,(H,18,19)/b4-3+. The quantitative estimate of drug-likeness (QED) is 0.855. The topological polar surface area (TPSA) is 57.5 Å². The smallest absolute Gasteiger partial charge is 0.311 e. The van der Waals surface area contributed by atoms with Crippen LogP contribution < -0.4 is 0 Å². The Labute approximate surface area is 113 Å². The maximum atomic E-state index is 11.5. The molecule has 0 spiro atoms. The van der Waals surface area contributed by atoms with Gasteiger partial charge in [0, 0.05) is 0 Å². The van der Waals surface area contributed by atoms with Crippen molar-refractivity contribution in [2.24, 2.45) is 5.92 Å². The molecule has 1 aliphatic rings. The van der Waals surface area contributed by atoms with Gasteiger partial charge in [-0.15, -0.1) is 0 Å². The third-order valence-corrected chi connectivity index (χ3v) is 3.85. The van der Waals surface area contributed by atoms with Gasteiger partial charge in [0.15, 0.2) is 0 Å². The number of aliphatic hydroxyl groups is 1. The van der Waals surface area contributed by atoms with Gasteiger partial charge in [-0.2, -0.15) is 0 Å². The van der Waals surface area contributed by atoms with Crippen LogP contribution in [0.1, 0.15) is 42.7 Å². The van der Waals surface area contributed by atoms with Gasteiger partial charge in [0.2, 0.25) is 0 Å². The van der Waals surface area contributed by atoms with Crippen molar-refractivity contribution in [3.63, 3.8) is 0 Å². The molecule has 0 radical (unpaired) electrons. The van der Waals surface area contributed by atoms with Gasteiger partial charge in [-0.05, 0) is 29.9 Å². The lowest BCUT2D eigenvalue weighted by molar-refractivity contribution is -0.140. The van der Waals surface area contributed by atoms with E-state index in [4.69, 9.17) is 5.11 Å². The predicted molar refractivity (Wildman–Crippen MR) is 74.9 cm³/mol. The zero-order valence-electron chi connectivity index (χ0n) is 11.0. The van der Waals surface area contributed by atoms with E-state index in [1.54, 1.807) is 6.08 Å². The fraction of sp³-hybridized carbons (Fsp3) is 0.438. The van der Waals surface area contributed by atoms with Crippen LogP contribution in [0.4, 0.5) is 0 Å². The summed E-state index contributed by atoms with van der Waals surface area (Å²) in [6, 6.07) is 7.61. The molecule has 102 valence electrons. The molecule has 3 nitrogen and oxygen atoms in total. The Morgan fingerprint density at radius 2 is 1.89 bits per heavy atom. The second kappa shape index (κ2) is 6.53. The lowest BCUT2D eigenvalue weighted by Gasteiger charge is -2.19. The lowest BCUT2D eigenvalue weighted by Crippen LogP contribution is -2.19. The maximum Gasteiger partial charge on any atom is 0.311 e. The van der Waals surface area contributed by atoms with Gasteiger partial charge >= 0.3 is 5.97 Å². The van der Waals surface area contributed by atoms with Crippen LogP contribution in [0.15, 0.2) is 30.3 Å². The molecular weight excluding hydrogens is 240 g/mol. The number of carboxylic acids is 1. The van der Waals surface area contributed by atoms with Crippen molar-refractivity contribution in [2.45, 2.75) is 31.6 Å². The van der Waals surface area contributed by atoms with E-state index in [9.17, 15) is 9.90 Å². The minimum Gasteiger partial charge on any atom is -0.481 e. The van der Waals surface area contributed by atoms with Crippen LogP contribution in [0.25, 0.3) is 6.08 Å². The molecule has 0 bridgehead atoms. The lowest BCUT2D eigenvalue weighted by atomic mass is 9.84. The molecule has 1 aromatic carbocycles. The van der Waals surface area contributed by atoms with Crippen molar-refractivity contribution in [1.29, 1.82) is 0 Å². The third-order valence-electron chi connectivity index (χ3n) is 3.85. The highest BCUT2D eigenvalue weighted by molar-refractivity contribution is 5.76. The average Bonchev–Trinajstić information content (AvgIpc) is 2.91. The predicted octanol–water partition coefficient (Wildman–Crippen LogP) is 3.05. The second-order valence-electron chi connectivity index (χ2n) is 5.11. The van der Waals surface area contributed by atoms with E-state index in [0.29, 0.717) is 0 Å². The largest absolute Gasteiger partial charge is 0.481 e. The molecule has 0 heterocycles. The minimum atomic E-state index is -0.717. The summed E-state index contributed by atoms with van der Waals surface area (Å²) in [5.41, 5.74) is 1.87. The fourth-order valence-electron chi connectivity index (χ4n) is 2.91. The summed E-state index contributed by atoms with van der Waals surface area (Å²) in [6.07, 6.45) is 7.82. The van der Waals surface area contributed by atoms with Crippen LogP contribution in [0.5, 0.6) is 0 Å². The van der Waals surface area contributed by atoms with Gasteiger partial charge in [0.05, 0.1) is 12.5 Å². The highest BCUT2D eigenvalue weighted by Crippen LogP contribution is 2.37.